The molecular weight excluding hydrogens is 400 g/mol. The molecule has 4 rings (SSSR count). The van der Waals surface area contributed by atoms with Crippen LogP contribution in [0, 0.1) is 24.1 Å². The van der Waals surface area contributed by atoms with Crippen molar-refractivity contribution in [1.29, 1.82) is 5.26 Å². The quantitative estimate of drug-likeness (QED) is 0.584. The Morgan fingerprint density at radius 3 is 2.52 bits per heavy atom. The largest absolute Gasteiger partial charge is 0.481 e. The first-order valence-electron chi connectivity index (χ1n) is 10.1. The van der Waals surface area contributed by atoms with Gasteiger partial charge >= 0.3 is 0 Å². The molecule has 8 heteroatoms. The number of ether oxygens (including phenoxy) is 1. The van der Waals surface area contributed by atoms with Gasteiger partial charge in [-0.05, 0) is 39.7 Å². The number of pyridine rings is 1. The molecule has 0 spiro atoms. The number of benzene rings is 1. The lowest BCUT2D eigenvalue weighted by Crippen LogP contribution is -2.13. The Kier molecular flexibility index (Phi) is 5.21. The van der Waals surface area contributed by atoms with Crippen LogP contribution in [-0.2, 0) is 5.41 Å². The second-order valence-electron chi connectivity index (χ2n) is 7.96. The third-order valence-electron chi connectivity index (χ3n) is 5.74. The summed E-state index contributed by atoms with van der Waals surface area (Å²) in [5, 5.41) is 13.5. The van der Waals surface area contributed by atoms with Gasteiger partial charge in [0.15, 0.2) is 5.65 Å². The van der Waals surface area contributed by atoms with Crippen molar-refractivity contribution in [2.45, 2.75) is 51.2 Å². The molecule has 1 saturated carbocycles. The zero-order valence-electron chi connectivity index (χ0n) is 17.8. The molecule has 160 valence electrons. The maximum absolute atomic E-state index is 14.9. The van der Waals surface area contributed by atoms with Crippen LogP contribution in [0.4, 0.5) is 14.6 Å². The SMILES string of the molecule is COc1nc2nc(C)nc(N[C@H](C)c3cccc(C(C)F)c3F)c2cc1C1(C#N)CC1. The Hall–Kier alpha value is -3.34. The van der Waals surface area contributed by atoms with Gasteiger partial charge in [0, 0.05) is 16.7 Å². The first-order chi connectivity index (χ1) is 14.8. The lowest BCUT2D eigenvalue weighted by Gasteiger charge is -2.20. The highest BCUT2D eigenvalue weighted by Gasteiger charge is 2.47. The monoisotopic (exact) mass is 423 g/mol. The summed E-state index contributed by atoms with van der Waals surface area (Å²) in [6.45, 7) is 4.83. The maximum Gasteiger partial charge on any atom is 0.220 e. The Labute approximate surface area is 179 Å². The van der Waals surface area contributed by atoms with E-state index in [1.807, 2.05) is 6.07 Å². The number of nitrogens with one attached hydrogen (secondary N) is 1. The second kappa shape index (κ2) is 7.73. The van der Waals surface area contributed by atoms with E-state index >= 15 is 0 Å². The Balaban J connectivity index is 1.80. The Morgan fingerprint density at radius 1 is 1.19 bits per heavy atom. The van der Waals surface area contributed by atoms with Crippen molar-refractivity contribution >= 4 is 16.9 Å². The third-order valence-corrected chi connectivity index (χ3v) is 5.74. The molecule has 2 aromatic heterocycles. The average molecular weight is 423 g/mol. The number of methoxy groups -OCH3 is 1. The van der Waals surface area contributed by atoms with Gasteiger partial charge in [0.1, 0.15) is 23.6 Å². The van der Waals surface area contributed by atoms with Crippen LogP contribution in [0.3, 0.4) is 0 Å². The fourth-order valence-corrected chi connectivity index (χ4v) is 3.81. The number of hydrogen-bond donors (Lipinski definition) is 1. The fourth-order valence-electron chi connectivity index (χ4n) is 3.81. The van der Waals surface area contributed by atoms with E-state index in [2.05, 4.69) is 26.3 Å². The summed E-state index contributed by atoms with van der Waals surface area (Å²) in [5.41, 5.74) is 0.866. The zero-order chi connectivity index (χ0) is 22.3. The van der Waals surface area contributed by atoms with Crippen molar-refractivity contribution < 1.29 is 13.5 Å². The number of hydrogen-bond acceptors (Lipinski definition) is 6. The summed E-state index contributed by atoms with van der Waals surface area (Å²) in [4.78, 5) is 13.4. The molecule has 0 amide bonds. The highest BCUT2D eigenvalue weighted by Crippen LogP contribution is 2.51. The number of anilines is 1. The van der Waals surface area contributed by atoms with Crippen LogP contribution in [0.25, 0.3) is 11.0 Å². The van der Waals surface area contributed by atoms with Gasteiger partial charge in [0.25, 0.3) is 0 Å². The topological polar surface area (TPSA) is 83.7 Å². The first kappa shape index (κ1) is 20.9. The van der Waals surface area contributed by atoms with Gasteiger partial charge in [-0.3, -0.25) is 0 Å². The van der Waals surface area contributed by atoms with Crippen LogP contribution in [0.15, 0.2) is 24.3 Å². The van der Waals surface area contributed by atoms with Crippen molar-refractivity contribution in [2.24, 2.45) is 0 Å². The van der Waals surface area contributed by atoms with Gasteiger partial charge in [-0.1, -0.05) is 18.2 Å². The van der Waals surface area contributed by atoms with Gasteiger partial charge < -0.3 is 10.1 Å². The molecule has 1 aliphatic carbocycles. The van der Waals surface area contributed by atoms with Crippen LogP contribution < -0.4 is 10.1 Å². The summed E-state index contributed by atoms with van der Waals surface area (Å²) in [6, 6.07) is 8.41. The second-order valence-corrected chi connectivity index (χ2v) is 7.96. The number of aromatic nitrogens is 3. The van der Waals surface area contributed by atoms with Crippen LogP contribution in [0.2, 0.25) is 0 Å². The molecule has 1 aromatic carbocycles. The lowest BCUT2D eigenvalue weighted by atomic mass is 9.97. The predicted octanol–water partition coefficient (Wildman–Crippen LogP) is 5.24. The average Bonchev–Trinajstić information content (AvgIpc) is 3.53. The summed E-state index contributed by atoms with van der Waals surface area (Å²) in [7, 11) is 1.52. The van der Waals surface area contributed by atoms with E-state index < -0.39 is 23.4 Å². The molecule has 1 fully saturated rings. The van der Waals surface area contributed by atoms with Gasteiger partial charge in [0.05, 0.1) is 30.0 Å². The number of halogens is 2. The van der Waals surface area contributed by atoms with Crippen molar-refractivity contribution in [2.75, 3.05) is 12.4 Å². The minimum atomic E-state index is -1.41. The summed E-state index contributed by atoms with van der Waals surface area (Å²) < 4.78 is 34.1. The normalized spacial score (nSPS) is 16.4. The van der Waals surface area contributed by atoms with Gasteiger partial charge in [-0.15, -0.1) is 0 Å². The number of nitriles is 1. The molecule has 31 heavy (non-hydrogen) atoms. The van der Waals surface area contributed by atoms with Crippen LogP contribution in [-0.4, -0.2) is 22.1 Å². The predicted molar refractivity (Wildman–Crippen MR) is 113 cm³/mol. The van der Waals surface area contributed by atoms with Crippen molar-refractivity contribution in [3.05, 3.63) is 52.6 Å². The van der Waals surface area contributed by atoms with E-state index in [4.69, 9.17) is 4.74 Å². The highest BCUT2D eigenvalue weighted by molar-refractivity contribution is 5.88. The standard InChI is InChI=1S/C23H23F2N5O/c1-12(24)15-6-5-7-16(19(15)25)13(2)27-20-17-10-18(23(11-26)8-9-23)22(31-4)30-21(17)29-14(3)28-20/h5-7,10,12-13H,8-9H2,1-4H3,(H,27,28,29,30)/t12?,13-/m1/s1. The molecule has 1 N–H and O–H groups in total. The molecule has 1 aliphatic rings. The number of alkyl halides is 1. The van der Waals surface area contributed by atoms with Crippen LogP contribution in [0.5, 0.6) is 5.88 Å². The number of nitrogens with zero attached hydrogens (tertiary/aromatic N) is 4. The molecule has 6 nitrogen and oxygen atoms in total. The Bertz CT molecular complexity index is 1200. The van der Waals surface area contributed by atoms with Crippen molar-refractivity contribution in [3.63, 3.8) is 0 Å². The molecular formula is C23H23F2N5O. The molecule has 2 atom stereocenters. The van der Waals surface area contributed by atoms with Crippen molar-refractivity contribution in [3.8, 4) is 11.9 Å². The summed E-state index contributed by atoms with van der Waals surface area (Å²) in [6.07, 6.45) is 0.0608. The minimum Gasteiger partial charge on any atom is -0.481 e. The zero-order valence-corrected chi connectivity index (χ0v) is 17.8. The maximum atomic E-state index is 14.9. The molecule has 3 aromatic rings. The van der Waals surface area contributed by atoms with Gasteiger partial charge in [-0.25, -0.2) is 18.7 Å². The first-order valence-corrected chi connectivity index (χ1v) is 10.1. The highest BCUT2D eigenvalue weighted by atomic mass is 19.1. The third kappa shape index (κ3) is 3.65. The molecule has 0 aliphatic heterocycles. The number of rotatable bonds is 6. The number of fused-ring (bicyclic) bond motifs is 1. The van der Waals surface area contributed by atoms with E-state index in [9.17, 15) is 14.0 Å². The van der Waals surface area contributed by atoms with E-state index in [0.29, 0.717) is 39.7 Å². The van der Waals surface area contributed by atoms with Crippen LogP contribution >= 0.6 is 0 Å². The van der Waals surface area contributed by atoms with E-state index in [1.165, 1.54) is 20.1 Å². The summed E-state index contributed by atoms with van der Waals surface area (Å²) >= 11 is 0. The molecule has 0 radical (unpaired) electrons. The minimum absolute atomic E-state index is 0.0215. The van der Waals surface area contributed by atoms with Gasteiger partial charge in [-0.2, -0.15) is 10.2 Å². The molecule has 2 heterocycles. The summed E-state index contributed by atoms with van der Waals surface area (Å²) in [5.74, 6) is 0.754. The van der Waals surface area contributed by atoms with Gasteiger partial charge in [0.2, 0.25) is 5.88 Å². The van der Waals surface area contributed by atoms with Crippen LogP contribution in [0.1, 0.15) is 61.4 Å². The molecule has 0 saturated heterocycles. The van der Waals surface area contributed by atoms with E-state index in [0.717, 1.165) is 12.8 Å². The molecule has 0 bridgehead atoms. The van der Waals surface area contributed by atoms with E-state index in [-0.39, 0.29) is 5.56 Å². The number of aryl methyl sites for hydroxylation is 1. The van der Waals surface area contributed by atoms with E-state index in [1.54, 1.807) is 26.0 Å². The smallest absolute Gasteiger partial charge is 0.220 e. The molecule has 1 unspecified atom stereocenters. The fraction of sp³-hybridized carbons (Fsp3) is 0.391. The Morgan fingerprint density at radius 2 is 1.90 bits per heavy atom. The lowest BCUT2D eigenvalue weighted by molar-refractivity contribution is 0.360. The van der Waals surface area contributed by atoms with Crippen molar-refractivity contribution in [1.82, 2.24) is 15.0 Å².